The number of rotatable bonds is 3. The molecule has 2 atom stereocenters. The molecule has 0 aromatic rings. The molecule has 1 rings (SSSR count). The summed E-state index contributed by atoms with van der Waals surface area (Å²) in [5, 5.41) is 14.2. The zero-order valence-corrected chi connectivity index (χ0v) is 8.79. The molecule has 14 heavy (non-hydrogen) atoms. The molecule has 1 heterocycles. The molecule has 1 aliphatic heterocycles. The predicted octanol–water partition coefficient (Wildman–Crippen LogP) is -1.10. The third-order valence-corrected chi connectivity index (χ3v) is 4.05. The van der Waals surface area contributed by atoms with E-state index in [2.05, 4.69) is 10.5 Å². The Morgan fingerprint density at radius 2 is 2.36 bits per heavy atom. The Kier molecular flexibility index (Phi) is 3.33. The summed E-state index contributed by atoms with van der Waals surface area (Å²) in [7, 11) is -2.88. The van der Waals surface area contributed by atoms with Gasteiger partial charge in [0.2, 0.25) is 0 Å². The van der Waals surface area contributed by atoms with Gasteiger partial charge < -0.3 is 16.3 Å². The van der Waals surface area contributed by atoms with Gasteiger partial charge in [-0.1, -0.05) is 5.16 Å². The summed E-state index contributed by atoms with van der Waals surface area (Å²) in [6.45, 7) is 1.72. The average Bonchev–Trinajstić information content (AvgIpc) is 2.44. The van der Waals surface area contributed by atoms with Crippen molar-refractivity contribution in [2.75, 3.05) is 11.5 Å². The highest BCUT2D eigenvalue weighted by atomic mass is 32.2. The van der Waals surface area contributed by atoms with E-state index in [4.69, 9.17) is 10.9 Å². The Morgan fingerprint density at radius 1 is 1.71 bits per heavy atom. The molecule has 6 nitrogen and oxygen atoms in total. The molecule has 0 aromatic heterocycles. The predicted molar refractivity (Wildman–Crippen MR) is 53.1 cm³/mol. The van der Waals surface area contributed by atoms with Crippen molar-refractivity contribution in [3.05, 3.63) is 0 Å². The maximum Gasteiger partial charge on any atom is 0.156 e. The van der Waals surface area contributed by atoms with E-state index in [1.54, 1.807) is 6.92 Å². The molecular weight excluding hydrogens is 206 g/mol. The van der Waals surface area contributed by atoms with Gasteiger partial charge in [-0.3, -0.25) is 0 Å². The highest BCUT2D eigenvalue weighted by Crippen LogP contribution is 2.11. The Bertz CT molecular complexity index is 325. The summed E-state index contributed by atoms with van der Waals surface area (Å²) in [5.41, 5.74) is 5.35. The van der Waals surface area contributed by atoms with Crippen LogP contribution < -0.4 is 11.1 Å². The van der Waals surface area contributed by atoms with Crippen molar-refractivity contribution in [1.29, 1.82) is 0 Å². The normalized spacial score (nSPS) is 28.9. The summed E-state index contributed by atoms with van der Waals surface area (Å²) >= 11 is 0. The maximum absolute atomic E-state index is 11.1. The van der Waals surface area contributed by atoms with Crippen LogP contribution in [0.3, 0.4) is 0 Å². The third-order valence-electron chi connectivity index (χ3n) is 2.28. The summed E-state index contributed by atoms with van der Waals surface area (Å²) in [4.78, 5) is 0. The lowest BCUT2D eigenvalue weighted by molar-refractivity contribution is 0.314. The second kappa shape index (κ2) is 4.14. The van der Waals surface area contributed by atoms with Crippen LogP contribution in [0, 0.1) is 0 Å². The van der Waals surface area contributed by atoms with E-state index >= 15 is 0 Å². The first-order chi connectivity index (χ1) is 6.44. The van der Waals surface area contributed by atoms with E-state index in [1.165, 1.54) is 0 Å². The van der Waals surface area contributed by atoms with Gasteiger partial charge in [0.1, 0.15) is 0 Å². The Hall–Kier alpha value is -0.820. The zero-order chi connectivity index (χ0) is 10.8. The summed E-state index contributed by atoms with van der Waals surface area (Å²) in [5.74, 6) is 0.415. The number of nitrogens with zero attached hydrogens (tertiary/aromatic N) is 1. The lowest BCUT2D eigenvalue weighted by Gasteiger charge is -2.16. The molecule has 82 valence electrons. The van der Waals surface area contributed by atoms with Gasteiger partial charge in [-0.25, -0.2) is 8.42 Å². The van der Waals surface area contributed by atoms with Crippen LogP contribution in [0.2, 0.25) is 0 Å². The van der Waals surface area contributed by atoms with E-state index in [1.807, 2.05) is 0 Å². The lowest BCUT2D eigenvalue weighted by Crippen LogP contribution is -2.45. The van der Waals surface area contributed by atoms with Crippen LogP contribution in [0.15, 0.2) is 5.16 Å². The van der Waals surface area contributed by atoms with Crippen molar-refractivity contribution in [2.45, 2.75) is 25.4 Å². The Morgan fingerprint density at radius 3 is 2.79 bits per heavy atom. The zero-order valence-electron chi connectivity index (χ0n) is 7.97. The molecule has 1 aliphatic rings. The summed E-state index contributed by atoms with van der Waals surface area (Å²) in [6, 6.07) is -0.395. The molecule has 0 aliphatic carbocycles. The topological polar surface area (TPSA) is 105 Å². The molecule has 1 saturated heterocycles. The van der Waals surface area contributed by atoms with Gasteiger partial charge in [0.05, 0.1) is 17.5 Å². The van der Waals surface area contributed by atoms with Crippen LogP contribution in [0.4, 0.5) is 0 Å². The minimum atomic E-state index is -2.88. The highest BCUT2D eigenvalue weighted by molar-refractivity contribution is 7.91. The third kappa shape index (κ3) is 2.85. The quantitative estimate of drug-likeness (QED) is 0.243. The minimum Gasteiger partial charge on any atom is -0.409 e. The smallest absolute Gasteiger partial charge is 0.156 e. The Labute approximate surface area is 83.1 Å². The number of sulfone groups is 1. The monoisotopic (exact) mass is 221 g/mol. The molecule has 0 bridgehead atoms. The first-order valence-corrected chi connectivity index (χ1v) is 6.20. The second-order valence-corrected chi connectivity index (χ2v) is 5.74. The molecule has 0 amide bonds. The van der Waals surface area contributed by atoms with Gasteiger partial charge in [-0.05, 0) is 13.3 Å². The fourth-order valence-electron chi connectivity index (χ4n) is 1.45. The molecule has 4 N–H and O–H groups in total. The average molecular weight is 221 g/mol. The van der Waals surface area contributed by atoms with Gasteiger partial charge in [0.25, 0.3) is 0 Å². The van der Waals surface area contributed by atoms with Crippen molar-refractivity contribution in [1.82, 2.24) is 5.32 Å². The highest BCUT2D eigenvalue weighted by Gasteiger charge is 2.29. The van der Waals surface area contributed by atoms with Gasteiger partial charge >= 0.3 is 0 Å². The van der Waals surface area contributed by atoms with Crippen LogP contribution in [0.25, 0.3) is 0 Å². The van der Waals surface area contributed by atoms with Crippen LogP contribution in [-0.4, -0.2) is 43.1 Å². The molecule has 0 radical (unpaired) electrons. The number of nitrogens with one attached hydrogen (secondary N) is 1. The molecular formula is C7H15N3O3S. The fraction of sp³-hybridized carbons (Fsp3) is 0.857. The van der Waals surface area contributed by atoms with Crippen molar-refractivity contribution >= 4 is 15.7 Å². The molecule has 1 fully saturated rings. The van der Waals surface area contributed by atoms with E-state index in [9.17, 15) is 8.42 Å². The van der Waals surface area contributed by atoms with E-state index in [0.717, 1.165) is 0 Å². The van der Waals surface area contributed by atoms with Crippen molar-refractivity contribution < 1.29 is 13.6 Å². The number of amidine groups is 1. The first-order valence-electron chi connectivity index (χ1n) is 4.38. The number of oxime groups is 1. The number of hydrogen-bond donors (Lipinski definition) is 3. The van der Waals surface area contributed by atoms with Gasteiger partial charge in [-0.2, -0.15) is 0 Å². The van der Waals surface area contributed by atoms with Crippen molar-refractivity contribution in [2.24, 2.45) is 10.9 Å². The van der Waals surface area contributed by atoms with Crippen molar-refractivity contribution in [3.8, 4) is 0 Å². The van der Waals surface area contributed by atoms with Gasteiger partial charge in [-0.15, -0.1) is 0 Å². The SMILES string of the molecule is CC(NC1CCS(=O)(=O)C1)C(N)=NO. The second-order valence-electron chi connectivity index (χ2n) is 3.51. The lowest BCUT2D eigenvalue weighted by atomic mass is 10.2. The van der Waals surface area contributed by atoms with E-state index < -0.39 is 9.84 Å². The van der Waals surface area contributed by atoms with Crippen LogP contribution >= 0.6 is 0 Å². The Balaban J connectivity index is 2.48. The standard InChI is InChI=1S/C7H15N3O3S/c1-5(7(8)10-11)9-6-2-3-14(12,13)4-6/h5-6,9,11H,2-4H2,1H3,(H2,8,10). The molecule has 0 saturated carbocycles. The van der Waals surface area contributed by atoms with E-state index in [-0.39, 0.29) is 29.4 Å². The largest absolute Gasteiger partial charge is 0.409 e. The molecule has 7 heteroatoms. The maximum atomic E-state index is 11.1. The summed E-state index contributed by atoms with van der Waals surface area (Å²) in [6.07, 6.45) is 0.589. The number of nitrogens with two attached hydrogens (primary N) is 1. The van der Waals surface area contributed by atoms with Gasteiger partial charge in [0.15, 0.2) is 15.7 Å². The molecule has 0 aromatic carbocycles. The van der Waals surface area contributed by atoms with Crippen LogP contribution in [0.1, 0.15) is 13.3 Å². The first kappa shape index (κ1) is 11.3. The van der Waals surface area contributed by atoms with Crippen molar-refractivity contribution in [3.63, 3.8) is 0 Å². The summed E-state index contributed by atoms with van der Waals surface area (Å²) < 4.78 is 22.2. The van der Waals surface area contributed by atoms with Gasteiger partial charge in [0, 0.05) is 6.04 Å². The number of hydrogen-bond acceptors (Lipinski definition) is 5. The van der Waals surface area contributed by atoms with Crippen LogP contribution in [0.5, 0.6) is 0 Å². The fourth-order valence-corrected chi connectivity index (χ4v) is 3.14. The molecule has 0 spiro atoms. The molecule has 2 unspecified atom stereocenters. The minimum absolute atomic E-state index is 0.0642. The van der Waals surface area contributed by atoms with E-state index in [0.29, 0.717) is 6.42 Å². The van der Waals surface area contributed by atoms with Crippen LogP contribution in [-0.2, 0) is 9.84 Å².